The zero-order valence-electron chi connectivity index (χ0n) is 19.0. The van der Waals surface area contributed by atoms with E-state index in [0.717, 1.165) is 42.4 Å². The van der Waals surface area contributed by atoms with Crippen LogP contribution in [0.15, 0.2) is 34.3 Å². The smallest absolute Gasteiger partial charge is 0.414 e. The van der Waals surface area contributed by atoms with Crippen molar-refractivity contribution in [3.63, 3.8) is 0 Å². The number of ether oxygens (including phenoxy) is 1. The molecule has 0 aromatic carbocycles. The number of carbonyl (C=O) groups is 2. The molecule has 1 unspecified atom stereocenters. The zero-order chi connectivity index (χ0) is 22.8. The van der Waals surface area contributed by atoms with E-state index in [2.05, 4.69) is 15.6 Å². The van der Waals surface area contributed by atoms with Crippen molar-refractivity contribution in [2.24, 2.45) is 0 Å². The first-order chi connectivity index (χ1) is 15.3. The summed E-state index contributed by atoms with van der Waals surface area (Å²) >= 11 is 1.45. The Morgan fingerprint density at radius 2 is 2.12 bits per heavy atom. The van der Waals surface area contributed by atoms with Crippen LogP contribution in [0.1, 0.15) is 39.3 Å². The summed E-state index contributed by atoms with van der Waals surface area (Å²) in [5, 5.41) is 7.39. The summed E-state index contributed by atoms with van der Waals surface area (Å²) in [5.41, 5.74) is 1.27. The van der Waals surface area contributed by atoms with Gasteiger partial charge < -0.3 is 15.4 Å². The molecule has 1 atom stereocenters. The lowest BCUT2D eigenvalue weighted by Gasteiger charge is -2.35. The number of thioether (sulfide) groups is 1. The van der Waals surface area contributed by atoms with E-state index in [-0.39, 0.29) is 12.0 Å². The number of nitrogens with zero attached hydrogens (tertiary/aromatic N) is 3. The van der Waals surface area contributed by atoms with Crippen molar-refractivity contribution in [1.82, 2.24) is 20.0 Å². The summed E-state index contributed by atoms with van der Waals surface area (Å²) in [6.45, 7) is 10.0. The first kappa shape index (κ1) is 22.8. The molecule has 2 N–H and O–H groups in total. The van der Waals surface area contributed by atoms with E-state index >= 15 is 0 Å². The van der Waals surface area contributed by atoms with Crippen LogP contribution in [0, 0.1) is 0 Å². The minimum Gasteiger partial charge on any atom is -0.414 e. The van der Waals surface area contributed by atoms with Crippen LogP contribution in [0.5, 0.6) is 0 Å². The van der Waals surface area contributed by atoms with E-state index in [1.807, 2.05) is 49.4 Å². The molecule has 8 nitrogen and oxygen atoms in total. The topological polar surface area (TPSA) is 84.7 Å². The van der Waals surface area contributed by atoms with Gasteiger partial charge in [0.25, 0.3) is 5.91 Å². The van der Waals surface area contributed by atoms with Gasteiger partial charge in [-0.3, -0.25) is 9.20 Å². The number of carbonyl (C=O) groups excluding carboxylic acids is 2. The Hall–Kier alpha value is -2.36. The van der Waals surface area contributed by atoms with Gasteiger partial charge in [0.15, 0.2) is 0 Å². The highest BCUT2D eigenvalue weighted by Gasteiger charge is 2.40. The first-order valence-corrected chi connectivity index (χ1v) is 12.0. The maximum absolute atomic E-state index is 13.1. The third kappa shape index (κ3) is 5.00. The van der Waals surface area contributed by atoms with Gasteiger partial charge in [0.1, 0.15) is 17.8 Å². The molecule has 9 heteroatoms. The molecule has 0 saturated carbocycles. The summed E-state index contributed by atoms with van der Waals surface area (Å²) in [6, 6.07) is 5.89. The van der Waals surface area contributed by atoms with E-state index in [0.29, 0.717) is 35.4 Å². The molecule has 4 heterocycles. The molecule has 2 aromatic heterocycles. The number of imidazole rings is 1. The fourth-order valence-corrected chi connectivity index (χ4v) is 5.17. The van der Waals surface area contributed by atoms with E-state index in [9.17, 15) is 9.59 Å². The molecule has 0 aliphatic carbocycles. The predicted octanol–water partition coefficient (Wildman–Crippen LogP) is 3.03. The Bertz CT molecular complexity index is 1030. The van der Waals surface area contributed by atoms with Gasteiger partial charge in [-0.1, -0.05) is 17.8 Å². The van der Waals surface area contributed by atoms with Gasteiger partial charge in [0, 0.05) is 32.5 Å². The lowest BCUT2D eigenvalue weighted by Crippen LogP contribution is -2.57. The number of rotatable bonds is 5. The molecule has 2 aliphatic rings. The van der Waals surface area contributed by atoms with Crippen molar-refractivity contribution in [3.8, 4) is 0 Å². The predicted molar refractivity (Wildman–Crippen MR) is 125 cm³/mol. The van der Waals surface area contributed by atoms with Crippen LogP contribution in [-0.4, -0.2) is 70.7 Å². The average molecular weight is 459 g/mol. The number of amides is 2. The third-order valence-corrected chi connectivity index (χ3v) is 6.77. The molecule has 2 amide bonds. The van der Waals surface area contributed by atoms with Gasteiger partial charge in [-0.05, 0) is 39.0 Å². The van der Waals surface area contributed by atoms with Crippen molar-refractivity contribution in [2.75, 3.05) is 39.3 Å². The monoisotopic (exact) mass is 458 g/mol. The Labute approximate surface area is 193 Å². The van der Waals surface area contributed by atoms with E-state index < -0.39 is 5.60 Å². The Balaban J connectivity index is 1.36. The summed E-state index contributed by atoms with van der Waals surface area (Å²) in [6.07, 6.45) is 5.13. The maximum atomic E-state index is 13.1. The molecule has 32 heavy (non-hydrogen) atoms. The molecule has 2 aliphatic heterocycles. The Morgan fingerprint density at radius 3 is 2.94 bits per heavy atom. The normalized spacial score (nSPS) is 21.0. The highest BCUT2D eigenvalue weighted by molar-refractivity contribution is 8.04. The lowest BCUT2D eigenvalue weighted by atomic mass is 10.2. The van der Waals surface area contributed by atoms with Crippen molar-refractivity contribution in [2.45, 2.75) is 44.2 Å². The molecule has 1 saturated heterocycles. The van der Waals surface area contributed by atoms with Gasteiger partial charge in [-0.15, -0.1) is 0 Å². The van der Waals surface area contributed by atoms with E-state index in [4.69, 9.17) is 4.74 Å². The minimum atomic E-state index is -0.518. The molecule has 0 spiro atoms. The quantitative estimate of drug-likeness (QED) is 0.529. The molecular formula is C23H32N5O3S+. The van der Waals surface area contributed by atoms with E-state index in [1.54, 1.807) is 6.20 Å². The van der Waals surface area contributed by atoms with Crippen LogP contribution in [0.2, 0.25) is 0 Å². The van der Waals surface area contributed by atoms with Gasteiger partial charge in [0.05, 0.1) is 34.9 Å². The van der Waals surface area contributed by atoms with Crippen LogP contribution in [0.25, 0.3) is 11.7 Å². The number of pyridine rings is 1. The number of hydrogen-bond acceptors (Lipinski definition) is 6. The van der Waals surface area contributed by atoms with Gasteiger partial charge >= 0.3 is 6.09 Å². The number of aromatic nitrogens is 2. The van der Waals surface area contributed by atoms with Crippen molar-refractivity contribution in [3.05, 3.63) is 35.0 Å². The largest absolute Gasteiger partial charge is 0.516 e. The Morgan fingerprint density at radius 1 is 1.28 bits per heavy atom. The molecule has 1 fully saturated rings. The molecule has 172 valence electrons. The van der Waals surface area contributed by atoms with Crippen molar-refractivity contribution >= 4 is 35.5 Å². The van der Waals surface area contributed by atoms with Crippen LogP contribution < -0.4 is 10.6 Å². The zero-order valence-corrected chi connectivity index (χ0v) is 19.8. The summed E-state index contributed by atoms with van der Waals surface area (Å²) in [5.74, 6) is -0.0965. The van der Waals surface area contributed by atoms with Crippen LogP contribution in [0.4, 0.5) is 4.79 Å². The van der Waals surface area contributed by atoms with Gasteiger partial charge in [-0.25, -0.2) is 9.47 Å². The van der Waals surface area contributed by atoms with Gasteiger partial charge in [-0.2, -0.15) is 4.79 Å². The highest BCUT2D eigenvalue weighted by atomic mass is 32.2. The summed E-state index contributed by atoms with van der Waals surface area (Å²) < 4.78 is 8.11. The second-order valence-corrected chi connectivity index (χ2v) is 10.4. The average Bonchev–Trinajstić information content (AvgIpc) is 3.01. The van der Waals surface area contributed by atoms with Crippen LogP contribution in [-0.2, 0) is 9.53 Å². The van der Waals surface area contributed by atoms with Crippen molar-refractivity contribution in [1.29, 1.82) is 0 Å². The molecule has 0 radical (unpaired) electrons. The number of hydrogen-bond donors (Lipinski definition) is 2. The SMILES string of the molecule is CC(C)(C)OC(=O)[N+]1(CCCNC(=O)C2=Cc3cnc4cccc(n34)S2)CCCNCC1. The summed E-state index contributed by atoms with van der Waals surface area (Å²) in [7, 11) is 0. The van der Waals surface area contributed by atoms with Crippen LogP contribution >= 0.6 is 11.8 Å². The van der Waals surface area contributed by atoms with E-state index in [1.165, 1.54) is 11.8 Å². The highest BCUT2D eigenvalue weighted by Crippen LogP contribution is 2.34. The van der Waals surface area contributed by atoms with Crippen molar-refractivity contribution < 1.29 is 18.8 Å². The summed E-state index contributed by atoms with van der Waals surface area (Å²) in [4.78, 5) is 30.9. The van der Waals surface area contributed by atoms with Crippen LogP contribution in [0.3, 0.4) is 0 Å². The number of quaternary nitrogens is 1. The Kier molecular flexibility index (Phi) is 6.60. The fourth-order valence-electron chi connectivity index (χ4n) is 4.16. The second-order valence-electron chi connectivity index (χ2n) is 9.36. The fraction of sp³-hybridized carbons (Fsp3) is 0.522. The number of nitrogens with one attached hydrogen (secondary N) is 2. The standard InChI is InChI=1S/C23H31N5O3S/c1-23(2,3)31-22(30)28(12-5-9-24-11-14-28)13-6-10-25-21(29)18-15-17-16-26-19-7-4-8-20(32-18)27(17)19/h4,7-8,15-16,24H,5-6,9-14H2,1-3H3/p+1. The molecular weight excluding hydrogens is 426 g/mol. The molecule has 0 bridgehead atoms. The second kappa shape index (κ2) is 9.25. The third-order valence-electron chi connectivity index (χ3n) is 5.72. The minimum absolute atomic E-state index is 0.0965. The lowest BCUT2D eigenvalue weighted by molar-refractivity contribution is -0.856. The van der Waals surface area contributed by atoms with Gasteiger partial charge in [0.2, 0.25) is 0 Å². The molecule has 2 aromatic rings. The first-order valence-electron chi connectivity index (χ1n) is 11.2. The maximum Gasteiger partial charge on any atom is 0.516 e. The molecule has 4 rings (SSSR count).